The van der Waals surface area contributed by atoms with Gasteiger partial charge in [-0.05, 0) is 51.4 Å². The number of ether oxygens (including phenoxy) is 2. The fourth-order valence-corrected chi connectivity index (χ4v) is 7.85. The minimum Gasteiger partial charge on any atom is -0.756 e. The van der Waals surface area contributed by atoms with Crippen LogP contribution in [-0.2, 0) is 32.7 Å². The average molecular weight is 908 g/mol. The highest BCUT2D eigenvalue weighted by Crippen LogP contribution is 2.38. The number of nitrogens with zero attached hydrogens (tertiary/aromatic N) is 1. The fraction of sp³-hybridized carbons (Fsp3) is 0.811. The van der Waals surface area contributed by atoms with Crippen LogP contribution in [-0.4, -0.2) is 70.0 Å². The zero-order valence-electron chi connectivity index (χ0n) is 41.5. The molecule has 368 valence electrons. The van der Waals surface area contributed by atoms with Crippen LogP contribution in [0.15, 0.2) is 48.6 Å². The van der Waals surface area contributed by atoms with Crippen molar-refractivity contribution in [3.8, 4) is 0 Å². The molecule has 63 heavy (non-hydrogen) atoms. The molecule has 9 nitrogen and oxygen atoms in total. The van der Waals surface area contributed by atoms with Gasteiger partial charge in [-0.1, -0.05) is 210 Å². The molecule has 2 unspecified atom stereocenters. The van der Waals surface area contributed by atoms with Crippen LogP contribution in [0.1, 0.15) is 226 Å². The number of phosphoric ester groups is 1. The van der Waals surface area contributed by atoms with E-state index in [0.717, 1.165) is 64.2 Å². The van der Waals surface area contributed by atoms with Crippen molar-refractivity contribution >= 4 is 19.8 Å². The molecule has 0 spiro atoms. The molecule has 0 aliphatic carbocycles. The topological polar surface area (TPSA) is 111 Å². The Morgan fingerprint density at radius 2 is 0.905 bits per heavy atom. The van der Waals surface area contributed by atoms with E-state index in [1.165, 1.54) is 128 Å². The highest BCUT2D eigenvalue weighted by molar-refractivity contribution is 7.45. The Bertz CT molecular complexity index is 1210. The number of phosphoric acid groups is 1. The van der Waals surface area contributed by atoms with Crippen molar-refractivity contribution in [3.05, 3.63) is 48.6 Å². The number of likely N-dealkylation sites (N-methyl/N-ethyl adjacent to an activating group) is 1. The Morgan fingerprint density at radius 1 is 0.508 bits per heavy atom. The highest BCUT2D eigenvalue weighted by atomic mass is 31.2. The average Bonchev–Trinajstić information content (AvgIpc) is 3.24. The number of unbranched alkanes of at least 4 members (excludes halogenated alkanes) is 25. The van der Waals surface area contributed by atoms with E-state index in [1.807, 2.05) is 21.1 Å². The van der Waals surface area contributed by atoms with Gasteiger partial charge in [0.05, 0.1) is 27.7 Å². The van der Waals surface area contributed by atoms with Gasteiger partial charge in [0, 0.05) is 12.8 Å². The summed E-state index contributed by atoms with van der Waals surface area (Å²) in [4.78, 5) is 37.7. The van der Waals surface area contributed by atoms with Gasteiger partial charge >= 0.3 is 11.9 Å². The summed E-state index contributed by atoms with van der Waals surface area (Å²) in [5.74, 6) is -0.828. The molecule has 0 aromatic heterocycles. The van der Waals surface area contributed by atoms with E-state index in [4.69, 9.17) is 18.5 Å². The van der Waals surface area contributed by atoms with E-state index >= 15 is 0 Å². The molecule has 2 atom stereocenters. The molecule has 0 saturated heterocycles. The number of hydrogen-bond donors (Lipinski definition) is 0. The number of rotatable bonds is 47. The van der Waals surface area contributed by atoms with Gasteiger partial charge in [-0.2, -0.15) is 0 Å². The lowest BCUT2D eigenvalue weighted by Gasteiger charge is -2.28. The van der Waals surface area contributed by atoms with Crippen LogP contribution < -0.4 is 4.89 Å². The first-order chi connectivity index (χ1) is 30.5. The third-order valence-electron chi connectivity index (χ3n) is 11.1. The minimum absolute atomic E-state index is 0.0300. The maximum absolute atomic E-state index is 12.7. The molecule has 0 rings (SSSR count). The second-order valence-corrected chi connectivity index (χ2v) is 19.9. The predicted octanol–water partition coefficient (Wildman–Crippen LogP) is 14.8. The Balaban J connectivity index is 4.13. The molecule has 0 radical (unpaired) electrons. The summed E-state index contributed by atoms with van der Waals surface area (Å²) < 4.78 is 34.0. The standard InChI is InChI=1S/C53H98NO8P/c1-6-8-10-12-14-16-18-20-21-22-23-24-25-26-27-28-29-30-31-32-33-34-36-38-40-42-44-46-53(56)62-51(50-61-63(57,58)60-48-47-54(3,4)5)49-59-52(55)45-43-41-39-37-35-19-17-15-13-11-9-7-2/h8,10,14,16,20-21,23-24,51H,6-7,9,11-13,15,17-19,22,25-50H2,1-5H3/b10-8-,16-14-,21-20-,24-23-. The molecule has 0 aliphatic heterocycles. The number of esters is 2. The Morgan fingerprint density at radius 3 is 1.35 bits per heavy atom. The van der Waals surface area contributed by atoms with E-state index in [2.05, 4.69) is 62.5 Å². The summed E-state index contributed by atoms with van der Waals surface area (Å²) in [5, 5.41) is 0. The second kappa shape index (κ2) is 45.1. The largest absolute Gasteiger partial charge is 0.756 e. The van der Waals surface area contributed by atoms with Crippen molar-refractivity contribution in [2.75, 3.05) is 47.5 Å². The zero-order chi connectivity index (χ0) is 46.4. The van der Waals surface area contributed by atoms with Crippen molar-refractivity contribution in [2.45, 2.75) is 232 Å². The lowest BCUT2D eigenvalue weighted by molar-refractivity contribution is -0.870. The number of hydrogen-bond acceptors (Lipinski definition) is 8. The first-order valence-electron chi connectivity index (χ1n) is 25.8. The lowest BCUT2D eigenvalue weighted by Crippen LogP contribution is -2.37. The predicted molar refractivity (Wildman–Crippen MR) is 264 cm³/mol. The minimum atomic E-state index is -4.63. The molecule has 0 aromatic rings. The molecular weight excluding hydrogens is 810 g/mol. The van der Waals surface area contributed by atoms with E-state index in [9.17, 15) is 19.0 Å². The van der Waals surface area contributed by atoms with Gasteiger partial charge in [-0.3, -0.25) is 14.2 Å². The Labute approximate surface area is 388 Å². The van der Waals surface area contributed by atoms with Crippen molar-refractivity contribution in [3.63, 3.8) is 0 Å². The lowest BCUT2D eigenvalue weighted by atomic mass is 10.0. The SMILES string of the molecule is CC/C=C\C/C=C\C/C=C\C/C=C\CCCCCCCCCCCCCCCCC(=O)OC(COC(=O)CCCCCCCCCCCCCC)COP(=O)([O-])OCC[N+](C)(C)C. The van der Waals surface area contributed by atoms with Crippen LogP contribution in [0, 0.1) is 0 Å². The van der Waals surface area contributed by atoms with Crippen molar-refractivity contribution < 1.29 is 42.1 Å². The molecule has 0 amide bonds. The molecule has 0 N–H and O–H groups in total. The summed E-state index contributed by atoms with van der Waals surface area (Å²) in [6.07, 6.45) is 54.3. The quantitative estimate of drug-likeness (QED) is 0.0195. The Kier molecular flexibility index (Phi) is 43.7. The van der Waals surface area contributed by atoms with Gasteiger partial charge in [-0.15, -0.1) is 0 Å². The van der Waals surface area contributed by atoms with Gasteiger partial charge in [-0.25, -0.2) is 0 Å². The highest BCUT2D eigenvalue weighted by Gasteiger charge is 2.21. The number of quaternary nitrogens is 1. The molecule has 10 heteroatoms. The van der Waals surface area contributed by atoms with Crippen LogP contribution in [0.2, 0.25) is 0 Å². The third-order valence-corrected chi connectivity index (χ3v) is 12.1. The smallest absolute Gasteiger partial charge is 0.306 e. The first-order valence-corrected chi connectivity index (χ1v) is 27.3. The normalized spacial score (nSPS) is 13.8. The van der Waals surface area contributed by atoms with Gasteiger partial charge in [0.1, 0.15) is 19.8 Å². The third kappa shape index (κ3) is 49.2. The summed E-state index contributed by atoms with van der Waals surface area (Å²) in [6.45, 7) is 4.13. The summed E-state index contributed by atoms with van der Waals surface area (Å²) in [5.41, 5.74) is 0. The number of allylic oxidation sites excluding steroid dienone is 8. The summed E-state index contributed by atoms with van der Waals surface area (Å²) in [7, 11) is 1.17. The fourth-order valence-electron chi connectivity index (χ4n) is 7.12. The van der Waals surface area contributed by atoms with E-state index in [1.54, 1.807) is 0 Å². The van der Waals surface area contributed by atoms with Crippen LogP contribution in [0.5, 0.6) is 0 Å². The molecular formula is C53H98NO8P. The van der Waals surface area contributed by atoms with Crippen LogP contribution in [0.3, 0.4) is 0 Å². The molecule has 0 heterocycles. The van der Waals surface area contributed by atoms with Crippen molar-refractivity contribution in [1.29, 1.82) is 0 Å². The van der Waals surface area contributed by atoms with Crippen LogP contribution >= 0.6 is 7.82 Å². The zero-order valence-corrected chi connectivity index (χ0v) is 42.4. The van der Waals surface area contributed by atoms with Crippen molar-refractivity contribution in [2.24, 2.45) is 0 Å². The Hall–Kier alpha value is -2.03. The van der Waals surface area contributed by atoms with Gasteiger partial charge in [0.2, 0.25) is 0 Å². The molecule has 0 aromatic carbocycles. The maximum atomic E-state index is 12.7. The molecule has 0 bridgehead atoms. The van der Waals surface area contributed by atoms with E-state index in [-0.39, 0.29) is 32.0 Å². The summed E-state index contributed by atoms with van der Waals surface area (Å²) >= 11 is 0. The monoisotopic (exact) mass is 908 g/mol. The maximum Gasteiger partial charge on any atom is 0.306 e. The first kappa shape index (κ1) is 61.0. The molecule has 0 saturated carbocycles. The van der Waals surface area contributed by atoms with Gasteiger partial charge < -0.3 is 27.9 Å². The second-order valence-electron chi connectivity index (χ2n) is 18.5. The summed E-state index contributed by atoms with van der Waals surface area (Å²) in [6, 6.07) is 0. The molecule has 0 aliphatic rings. The van der Waals surface area contributed by atoms with E-state index < -0.39 is 26.5 Å². The number of carbonyl (C=O) groups is 2. The number of carbonyl (C=O) groups excluding carboxylic acids is 2. The van der Waals surface area contributed by atoms with Crippen LogP contribution in [0.4, 0.5) is 0 Å². The van der Waals surface area contributed by atoms with Crippen LogP contribution in [0.25, 0.3) is 0 Å². The van der Waals surface area contributed by atoms with Gasteiger partial charge in [0.15, 0.2) is 6.10 Å². The van der Waals surface area contributed by atoms with E-state index in [0.29, 0.717) is 17.4 Å². The van der Waals surface area contributed by atoms with Gasteiger partial charge in [0.25, 0.3) is 7.82 Å². The molecule has 0 fully saturated rings. The van der Waals surface area contributed by atoms with Crippen molar-refractivity contribution in [1.82, 2.24) is 0 Å².